The van der Waals surface area contributed by atoms with Gasteiger partial charge >= 0.3 is 5.97 Å². The summed E-state index contributed by atoms with van der Waals surface area (Å²) in [6.45, 7) is 10.1. The third kappa shape index (κ3) is 4.25. The number of carboxylic acid groups (broad SMARTS) is 1. The molecule has 1 aliphatic heterocycles. The summed E-state index contributed by atoms with van der Waals surface area (Å²) in [6.07, 6.45) is -0.219. The van der Waals surface area contributed by atoms with Crippen molar-refractivity contribution in [2.24, 2.45) is 0 Å². The summed E-state index contributed by atoms with van der Waals surface area (Å²) in [5, 5.41) is 10.9. The number of ether oxygens (including phenoxy) is 2. The fourth-order valence-corrected chi connectivity index (χ4v) is 4.40. The first-order valence-corrected chi connectivity index (χ1v) is 11.2. The Labute approximate surface area is 193 Å². The number of carbonyl (C=O) groups is 2. The smallest absolute Gasteiger partial charge is 0.307 e. The summed E-state index contributed by atoms with van der Waals surface area (Å²) < 4.78 is 12.5. The van der Waals surface area contributed by atoms with Crippen molar-refractivity contribution >= 4 is 28.3 Å². The van der Waals surface area contributed by atoms with Crippen molar-refractivity contribution < 1.29 is 24.2 Å². The average Bonchev–Trinajstić information content (AvgIpc) is 3.06. The molecule has 6 heteroatoms. The van der Waals surface area contributed by atoms with Crippen molar-refractivity contribution in [2.75, 3.05) is 4.90 Å². The van der Waals surface area contributed by atoms with Crippen molar-refractivity contribution in [1.29, 1.82) is 0 Å². The zero-order valence-corrected chi connectivity index (χ0v) is 19.6. The molecule has 0 aromatic heterocycles. The molecule has 1 heterocycles. The Morgan fingerprint density at radius 1 is 1.00 bits per heavy atom. The summed E-state index contributed by atoms with van der Waals surface area (Å²) in [4.78, 5) is 26.6. The first-order valence-electron chi connectivity index (χ1n) is 11.2. The van der Waals surface area contributed by atoms with Gasteiger partial charge in [0.15, 0.2) is 0 Å². The van der Waals surface area contributed by atoms with Gasteiger partial charge in [-0.1, -0.05) is 36.4 Å². The quantitative estimate of drug-likeness (QED) is 0.517. The Morgan fingerprint density at radius 2 is 1.61 bits per heavy atom. The fourth-order valence-electron chi connectivity index (χ4n) is 4.40. The number of anilines is 1. The number of carboxylic acids is 1. The van der Waals surface area contributed by atoms with Crippen LogP contribution >= 0.6 is 0 Å². The lowest BCUT2D eigenvalue weighted by Crippen LogP contribution is -2.24. The van der Waals surface area contributed by atoms with Crippen molar-refractivity contribution in [2.45, 2.75) is 59.8 Å². The van der Waals surface area contributed by atoms with E-state index >= 15 is 0 Å². The molecule has 1 aliphatic rings. The number of fused-ring (bicyclic) bond motifs is 2. The molecule has 0 aliphatic carbocycles. The third-order valence-corrected chi connectivity index (χ3v) is 5.61. The van der Waals surface area contributed by atoms with Gasteiger partial charge in [-0.15, -0.1) is 0 Å². The third-order valence-electron chi connectivity index (χ3n) is 5.61. The molecule has 0 saturated heterocycles. The van der Waals surface area contributed by atoms with Crippen LogP contribution in [0, 0.1) is 6.92 Å². The van der Waals surface area contributed by atoms with Crippen LogP contribution in [0.2, 0.25) is 0 Å². The van der Waals surface area contributed by atoms with Crippen molar-refractivity contribution in [1.82, 2.24) is 0 Å². The van der Waals surface area contributed by atoms with Crippen molar-refractivity contribution in [3.8, 4) is 11.5 Å². The minimum absolute atomic E-state index is 0.0561. The van der Waals surface area contributed by atoms with E-state index in [1.54, 1.807) is 11.0 Å². The number of amides is 1. The highest BCUT2D eigenvalue weighted by Crippen LogP contribution is 2.47. The van der Waals surface area contributed by atoms with Crippen LogP contribution in [0.25, 0.3) is 10.8 Å². The number of nitrogens with zero attached hydrogens (tertiary/aromatic N) is 1. The highest BCUT2D eigenvalue weighted by Gasteiger charge is 2.37. The van der Waals surface area contributed by atoms with Gasteiger partial charge in [-0.2, -0.15) is 0 Å². The summed E-state index contributed by atoms with van der Waals surface area (Å²) >= 11 is 0. The minimum atomic E-state index is -0.885. The van der Waals surface area contributed by atoms with Gasteiger partial charge in [-0.3, -0.25) is 9.59 Å². The molecule has 172 valence electrons. The average molecular weight is 448 g/mol. The maximum absolute atomic E-state index is 13.8. The first kappa shape index (κ1) is 22.6. The molecule has 0 bridgehead atoms. The Hall–Kier alpha value is -3.54. The molecule has 6 nitrogen and oxygen atoms in total. The number of benzene rings is 3. The molecule has 33 heavy (non-hydrogen) atoms. The monoisotopic (exact) mass is 447 g/mol. The molecule has 0 atom stereocenters. The van der Waals surface area contributed by atoms with E-state index in [-0.39, 0.29) is 24.5 Å². The van der Waals surface area contributed by atoms with E-state index in [1.165, 1.54) is 0 Å². The Bertz CT molecular complexity index is 1240. The van der Waals surface area contributed by atoms with Crippen LogP contribution in [0.1, 0.15) is 54.7 Å². The summed E-state index contributed by atoms with van der Waals surface area (Å²) in [7, 11) is 0. The van der Waals surface area contributed by atoms with Crippen LogP contribution in [-0.2, 0) is 17.8 Å². The summed E-state index contributed by atoms with van der Waals surface area (Å²) in [5.74, 6) is 0.264. The Kier molecular flexibility index (Phi) is 6.02. The molecule has 3 aromatic carbocycles. The molecule has 3 aromatic rings. The number of hydrogen-bond acceptors (Lipinski definition) is 4. The largest absolute Gasteiger partial charge is 0.490 e. The van der Waals surface area contributed by atoms with E-state index in [2.05, 4.69) is 0 Å². The normalized spacial score (nSPS) is 13.2. The van der Waals surface area contributed by atoms with Crippen LogP contribution < -0.4 is 14.4 Å². The number of rotatable bonds is 7. The van der Waals surface area contributed by atoms with Crippen LogP contribution in [0.15, 0.2) is 42.5 Å². The van der Waals surface area contributed by atoms with Crippen LogP contribution in [0.5, 0.6) is 11.5 Å². The molecule has 0 spiro atoms. The van der Waals surface area contributed by atoms with Crippen LogP contribution in [-0.4, -0.2) is 29.2 Å². The lowest BCUT2D eigenvalue weighted by molar-refractivity contribution is -0.136. The number of hydrogen-bond donors (Lipinski definition) is 1. The molecule has 0 radical (unpaired) electrons. The van der Waals surface area contributed by atoms with Crippen molar-refractivity contribution in [3.63, 3.8) is 0 Å². The van der Waals surface area contributed by atoms with E-state index < -0.39 is 5.97 Å². The molecule has 1 amide bonds. The lowest BCUT2D eigenvalue weighted by Gasteiger charge is -2.20. The molecule has 0 fully saturated rings. The molecule has 0 saturated carbocycles. The van der Waals surface area contributed by atoms with E-state index in [9.17, 15) is 9.59 Å². The van der Waals surface area contributed by atoms with Gasteiger partial charge in [0.05, 0.1) is 30.7 Å². The standard InChI is InChI=1S/C27H29NO5/c1-15(2)32-25-19-8-6-7-9-20(19)26(33-16(3)4)24-21(25)14-28(27(24)31)22-11-10-18(12-17(22)5)13-23(29)30/h6-12,15-16H,13-14H2,1-5H3,(H,29,30). The molecule has 4 rings (SSSR count). The zero-order valence-electron chi connectivity index (χ0n) is 19.6. The van der Waals surface area contributed by atoms with E-state index in [4.69, 9.17) is 14.6 Å². The van der Waals surface area contributed by atoms with Crippen molar-refractivity contribution in [3.05, 3.63) is 64.7 Å². The predicted octanol–water partition coefficient (Wildman–Crippen LogP) is 5.51. The fraction of sp³-hybridized carbons (Fsp3) is 0.333. The number of carbonyl (C=O) groups excluding carboxylic acids is 1. The topological polar surface area (TPSA) is 76.1 Å². The van der Waals surface area contributed by atoms with Gasteiger partial charge in [0.2, 0.25) is 0 Å². The number of aryl methyl sites for hydroxylation is 1. The van der Waals surface area contributed by atoms with Gasteiger partial charge in [0, 0.05) is 22.0 Å². The van der Waals surface area contributed by atoms with E-state index in [1.807, 2.05) is 71.0 Å². The van der Waals surface area contributed by atoms with E-state index in [0.29, 0.717) is 29.2 Å². The predicted molar refractivity (Wildman–Crippen MR) is 129 cm³/mol. The second-order valence-electron chi connectivity index (χ2n) is 8.97. The maximum atomic E-state index is 13.8. The Balaban J connectivity index is 1.89. The highest BCUT2D eigenvalue weighted by molar-refractivity contribution is 6.17. The van der Waals surface area contributed by atoms with Crippen LogP contribution in [0.4, 0.5) is 5.69 Å². The first-order chi connectivity index (χ1) is 15.7. The minimum Gasteiger partial charge on any atom is -0.490 e. The summed E-state index contributed by atoms with van der Waals surface area (Å²) in [6, 6.07) is 13.3. The highest BCUT2D eigenvalue weighted by atomic mass is 16.5. The maximum Gasteiger partial charge on any atom is 0.307 e. The summed E-state index contributed by atoms with van der Waals surface area (Å²) in [5.41, 5.74) is 3.65. The second-order valence-corrected chi connectivity index (χ2v) is 8.97. The molecular formula is C27H29NO5. The van der Waals surface area contributed by atoms with Gasteiger partial charge in [0.1, 0.15) is 11.5 Å². The zero-order chi connectivity index (χ0) is 23.9. The molecule has 0 unspecified atom stereocenters. The van der Waals surface area contributed by atoms with E-state index in [0.717, 1.165) is 27.6 Å². The van der Waals surface area contributed by atoms with Gasteiger partial charge in [0.25, 0.3) is 5.91 Å². The van der Waals surface area contributed by atoms with Crippen LogP contribution in [0.3, 0.4) is 0 Å². The second kappa shape index (κ2) is 8.77. The Morgan fingerprint density at radius 3 is 2.18 bits per heavy atom. The SMILES string of the molecule is Cc1cc(CC(=O)O)ccc1N1Cc2c(c(OC(C)C)c3ccccc3c2OC(C)C)C1=O. The van der Waals surface area contributed by atoms with Gasteiger partial charge in [-0.05, 0) is 51.8 Å². The van der Waals surface area contributed by atoms with Gasteiger partial charge < -0.3 is 19.5 Å². The molecule has 1 N–H and O–H groups in total. The molecular weight excluding hydrogens is 418 g/mol. The lowest BCUT2D eigenvalue weighted by atomic mass is 9.99. The van der Waals surface area contributed by atoms with Gasteiger partial charge in [-0.25, -0.2) is 0 Å². The number of aliphatic carboxylic acids is 1.